The number of piperidine rings is 1. The highest BCUT2D eigenvalue weighted by Gasteiger charge is 2.26. The molecule has 0 aliphatic carbocycles. The summed E-state index contributed by atoms with van der Waals surface area (Å²) in [5.74, 6) is 0.442. The predicted molar refractivity (Wildman–Crippen MR) is 73.3 cm³/mol. The fourth-order valence-corrected chi connectivity index (χ4v) is 2.04. The largest absolute Gasteiger partial charge is 0.444 e. The van der Waals surface area contributed by atoms with Gasteiger partial charge in [0.1, 0.15) is 5.60 Å². The Morgan fingerprint density at radius 1 is 1.50 bits per heavy atom. The van der Waals surface area contributed by atoms with Gasteiger partial charge in [-0.15, -0.1) is 0 Å². The van der Waals surface area contributed by atoms with Gasteiger partial charge in [-0.05, 0) is 52.5 Å². The summed E-state index contributed by atoms with van der Waals surface area (Å²) in [6, 6.07) is 0. The van der Waals surface area contributed by atoms with Gasteiger partial charge in [-0.25, -0.2) is 4.79 Å². The predicted octanol–water partition coefficient (Wildman–Crippen LogP) is 2.54. The summed E-state index contributed by atoms with van der Waals surface area (Å²) in [7, 11) is 0. The molecule has 4 nitrogen and oxygen atoms in total. The fourth-order valence-electron chi connectivity index (χ4n) is 2.04. The first-order valence-corrected chi connectivity index (χ1v) is 6.77. The SMILES string of the molecule is CC(C)(C)OC(=O)N1CCCC(/C=C/CCN)C1. The molecule has 1 amide bonds. The molecule has 0 radical (unpaired) electrons. The summed E-state index contributed by atoms with van der Waals surface area (Å²) < 4.78 is 5.39. The molecule has 0 aromatic rings. The lowest BCUT2D eigenvalue weighted by Crippen LogP contribution is -2.42. The molecule has 0 bridgehead atoms. The molecule has 1 saturated heterocycles. The van der Waals surface area contributed by atoms with E-state index in [-0.39, 0.29) is 6.09 Å². The van der Waals surface area contributed by atoms with Crippen LogP contribution in [0.15, 0.2) is 12.2 Å². The number of hydrogen-bond donors (Lipinski definition) is 1. The molecule has 0 spiro atoms. The second-order valence-corrected chi connectivity index (χ2v) is 5.83. The number of carbonyl (C=O) groups is 1. The van der Waals surface area contributed by atoms with Crippen molar-refractivity contribution in [3.05, 3.63) is 12.2 Å². The first-order valence-electron chi connectivity index (χ1n) is 6.77. The average Bonchev–Trinajstić information content (AvgIpc) is 2.27. The third-order valence-electron chi connectivity index (χ3n) is 2.85. The van der Waals surface area contributed by atoms with Gasteiger partial charge in [-0.2, -0.15) is 0 Å². The second-order valence-electron chi connectivity index (χ2n) is 5.83. The highest BCUT2D eigenvalue weighted by molar-refractivity contribution is 5.68. The lowest BCUT2D eigenvalue weighted by molar-refractivity contribution is 0.0186. The maximum Gasteiger partial charge on any atom is 0.410 e. The zero-order valence-corrected chi connectivity index (χ0v) is 11.8. The molecule has 104 valence electrons. The van der Waals surface area contributed by atoms with Gasteiger partial charge in [0, 0.05) is 13.1 Å². The average molecular weight is 254 g/mol. The summed E-state index contributed by atoms with van der Waals surface area (Å²) >= 11 is 0. The Morgan fingerprint density at radius 3 is 2.83 bits per heavy atom. The highest BCUT2D eigenvalue weighted by atomic mass is 16.6. The summed E-state index contributed by atoms with van der Waals surface area (Å²) in [5, 5.41) is 0. The third-order valence-corrected chi connectivity index (χ3v) is 2.85. The Hall–Kier alpha value is -1.03. The van der Waals surface area contributed by atoms with Crippen molar-refractivity contribution in [3.8, 4) is 0 Å². The third kappa shape index (κ3) is 5.54. The van der Waals surface area contributed by atoms with E-state index in [0.717, 1.165) is 32.4 Å². The fraction of sp³-hybridized carbons (Fsp3) is 0.786. The number of nitrogens with zero attached hydrogens (tertiary/aromatic N) is 1. The molecule has 0 saturated carbocycles. The summed E-state index contributed by atoms with van der Waals surface area (Å²) in [6.45, 7) is 7.93. The van der Waals surface area contributed by atoms with Gasteiger partial charge >= 0.3 is 6.09 Å². The second kappa shape index (κ2) is 6.78. The topological polar surface area (TPSA) is 55.6 Å². The summed E-state index contributed by atoms with van der Waals surface area (Å²) in [6.07, 6.45) is 7.19. The number of nitrogens with two attached hydrogens (primary N) is 1. The van der Waals surface area contributed by atoms with E-state index < -0.39 is 5.60 Å². The molecule has 4 heteroatoms. The van der Waals surface area contributed by atoms with Crippen LogP contribution in [0.25, 0.3) is 0 Å². The standard InChI is InChI=1S/C14H26N2O2/c1-14(2,3)18-13(17)16-10-6-8-12(11-16)7-4-5-9-15/h4,7,12H,5-6,8-11,15H2,1-3H3/b7-4+. The van der Waals surface area contributed by atoms with E-state index in [0.29, 0.717) is 12.5 Å². The van der Waals surface area contributed by atoms with Gasteiger partial charge in [-0.1, -0.05) is 12.2 Å². The lowest BCUT2D eigenvalue weighted by Gasteiger charge is -2.33. The van der Waals surface area contributed by atoms with E-state index in [4.69, 9.17) is 10.5 Å². The van der Waals surface area contributed by atoms with E-state index >= 15 is 0 Å². The van der Waals surface area contributed by atoms with Gasteiger partial charge < -0.3 is 15.4 Å². The van der Waals surface area contributed by atoms with Crippen molar-refractivity contribution in [3.63, 3.8) is 0 Å². The molecule has 1 heterocycles. The van der Waals surface area contributed by atoms with Crippen molar-refractivity contribution in [2.24, 2.45) is 11.7 Å². The van der Waals surface area contributed by atoms with Crippen LogP contribution in [0.1, 0.15) is 40.0 Å². The smallest absolute Gasteiger partial charge is 0.410 e. The summed E-state index contributed by atoms with van der Waals surface area (Å²) in [5.41, 5.74) is 5.04. The van der Waals surface area contributed by atoms with Crippen molar-refractivity contribution in [2.75, 3.05) is 19.6 Å². The van der Waals surface area contributed by atoms with E-state index in [1.807, 2.05) is 25.7 Å². The zero-order chi connectivity index (χ0) is 13.6. The van der Waals surface area contributed by atoms with Gasteiger partial charge in [0.2, 0.25) is 0 Å². The van der Waals surface area contributed by atoms with Crippen LogP contribution >= 0.6 is 0 Å². The van der Waals surface area contributed by atoms with Gasteiger partial charge in [0.05, 0.1) is 0 Å². The van der Waals surface area contributed by atoms with Gasteiger partial charge in [0.25, 0.3) is 0 Å². The first-order chi connectivity index (χ1) is 8.42. The number of carbonyl (C=O) groups excluding carboxylic acids is 1. The zero-order valence-electron chi connectivity index (χ0n) is 11.8. The van der Waals surface area contributed by atoms with E-state index in [1.165, 1.54) is 0 Å². The van der Waals surface area contributed by atoms with Crippen LogP contribution < -0.4 is 5.73 Å². The lowest BCUT2D eigenvalue weighted by atomic mass is 9.97. The number of ether oxygens (including phenoxy) is 1. The summed E-state index contributed by atoms with van der Waals surface area (Å²) in [4.78, 5) is 13.8. The van der Waals surface area contributed by atoms with Crippen LogP contribution in [-0.4, -0.2) is 36.2 Å². The molecule has 0 aromatic heterocycles. The molecular formula is C14H26N2O2. The Labute approximate surface area is 110 Å². The molecule has 1 unspecified atom stereocenters. The minimum Gasteiger partial charge on any atom is -0.444 e. The van der Waals surface area contributed by atoms with Crippen LogP contribution in [0.3, 0.4) is 0 Å². The van der Waals surface area contributed by atoms with Crippen LogP contribution in [-0.2, 0) is 4.74 Å². The Kier molecular flexibility index (Phi) is 5.66. The van der Waals surface area contributed by atoms with E-state index in [2.05, 4.69) is 12.2 Å². The maximum absolute atomic E-state index is 11.9. The minimum atomic E-state index is -0.417. The molecule has 1 aliphatic rings. The monoisotopic (exact) mass is 254 g/mol. The normalized spacial score (nSPS) is 21.3. The minimum absolute atomic E-state index is 0.195. The Morgan fingerprint density at radius 2 is 2.22 bits per heavy atom. The quantitative estimate of drug-likeness (QED) is 0.787. The number of likely N-dealkylation sites (tertiary alicyclic amines) is 1. The highest BCUT2D eigenvalue weighted by Crippen LogP contribution is 2.20. The molecule has 2 N–H and O–H groups in total. The molecule has 1 atom stereocenters. The van der Waals surface area contributed by atoms with Crippen LogP contribution in [0.4, 0.5) is 4.79 Å². The molecule has 0 aromatic carbocycles. The molecular weight excluding hydrogens is 228 g/mol. The number of hydrogen-bond acceptors (Lipinski definition) is 3. The number of amides is 1. The molecule has 1 aliphatic heterocycles. The van der Waals surface area contributed by atoms with Crippen LogP contribution in [0.2, 0.25) is 0 Å². The van der Waals surface area contributed by atoms with Crippen LogP contribution in [0.5, 0.6) is 0 Å². The Balaban J connectivity index is 2.45. The first kappa shape index (κ1) is 15.0. The van der Waals surface area contributed by atoms with Crippen molar-refractivity contribution >= 4 is 6.09 Å². The van der Waals surface area contributed by atoms with Crippen molar-refractivity contribution in [1.29, 1.82) is 0 Å². The maximum atomic E-state index is 11.9. The Bertz CT molecular complexity index is 295. The molecule has 18 heavy (non-hydrogen) atoms. The molecule has 1 rings (SSSR count). The van der Waals surface area contributed by atoms with Gasteiger partial charge in [0.15, 0.2) is 0 Å². The van der Waals surface area contributed by atoms with Crippen molar-refractivity contribution < 1.29 is 9.53 Å². The van der Waals surface area contributed by atoms with E-state index in [1.54, 1.807) is 0 Å². The number of rotatable bonds is 3. The van der Waals surface area contributed by atoms with Crippen molar-refractivity contribution in [2.45, 2.75) is 45.6 Å². The van der Waals surface area contributed by atoms with E-state index in [9.17, 15) is 4.79 Å². The van der Waals surface area contributed by atoms with Crippen LogP contribution in [0, 0.1) is 5.92 Å². The van der Waals surface area contributed by atoms with Crippen molar-refractivity contribution in [1.82, 2.24) is 4.90 Å². The van der Waals surface area contributed by atoms with Gasteiger partial charge in [-0.3, -0.25) is 0 Å². The molecule has 1 fully saturated rings.